The molecular weight excluding hydrogens is 314 g/mol. The first-order valence-electron chi connectivity index (χ1n) is 9.64. The van der Waals surface area contributed by atoms with Crippen LogP contribution in [0.25, 0.3) is 0 Å². The van der Waals surface area contributed by atoms with E-state index in [0.29, 0.717) is 6.54 Å². The third-order valence-electron chi connectivity index (χ3n) is 5.37. The molecule has 138 valence electrons. The summed E-state index contributed by atoms with van der Waals surface area (Å²) < 4.78 is 5.43. The second-order valence-electron chi connectivity index (χ2n) is 7.11. The fourth-order valence-corrected chi connectivity index (χ4v) is 3.86. The number of benzene rings is 1. The highest BCUT2D eigenvalue weighted by atomic mass is 16.5. The molecule has 3 rings (SSSR count). The average Bonchev–Trinajstić information content (AvgIpc) is 2.66. The fraction of sp³-hybridized carbons (Fsp3) is 0.650. The predicted molar refractivity (Wildman–Crippen MR) is 101 cm³/mol. The Morgan fingerprint density at radius 2 is 1.76 bits per heavy atom. The molecule has 25 heavy (non-hydrogen) atoms. The van der Waals surface area contributed by atoms with E-state index < -0.39 is 0 Å². The summed E-state index contributed by atoms with van der Waals surface area (Å²) in [5.41, 5.74) is 0.997. The SMILES string of the molecule is CCN(C(=O)CN1CCC(CN2CCOCC2)CC1)c1ccccc1. The van der Waals surface area contributed by atoms with Crippen LogP contribution in [0.3, 0.4) is 0 Å². The maximum atomic E-state index is 12.7. The lowest BCUT2D eigenvalue weighted by atomic mass is 9.96. The number of likely N-dealkylation sites (tertiary alicyclic amines) is 1. The Morgan fingerprint density at radius 3 is 2.40 bits per heavy atom. The van der Waals surface area contributed by atoms with Crippen LogP contribution in [-0.2, 0) is 9.53 Å². The number of carbonyl (C=O) groups excluding carboxylic acids is 1. The zero-order valence-electron chi connectivity index (χ0n) is 15.4. The van der Waals surface area contributed by atoms with Crippen molar-refractivity contribution in [2.75, 3.05) is 63.9 Å². The van der Waals surface area contributed by atoms with Crippen LogP contribution in [0.4, 0.5) is 5.69 Å². The number of amides is 1. The highest BCUT2D eigenvalue weighted by Crippen LogP contribution is 2.20. The Morgan fingerprint density at radius 1 is 1.08 bits per heavy atom. The maximum absolute atomic E-state index is 12.7. The van der Waals surface area contributed by atoms with E-state index in [2.05, 4.69) is 9.80 Å². The van der Waals surface area contributed by atoms with Crippen LogP contribution in [0.5, 0.6) is 0 Å². The van der Waals surface area contributed by atoms with Crippen molar-refractivity contribution in [3.05, 3.63) is 30.3 Å². The van der Waals surface area contributed by atoms with Gasteiger partial charge in [-0.05, 0) is 50.9 Å². The molecule has 0 unspecified atom stereocenters. The van der Waals surface area contributed by atoms with E-state index in [4.69, 9.17) is 4.74 Å². The Hall–Kier alpha value is -1.43. The minimum atomic E-state index is 0.209. The first-order valence-corrected chi connectivity index (χ1v) is 9.64. The number of nitrogens with zero attached hydrogens (tertiary/aromatic N) is 3. The highest BCUT2D eigenvalue weighted by Gasteiger charge is 2.25. The largest absolute Gasteiger partial charge is 0.379 e. The van der Waals surface area contributed by atoms with Gasteiger partial charge in [0.2, 0.25) is 5.91 Å². The molecule has 2 heterocycles. The van der Waals surface area contributed by atoms with Crippen molar-refractivity contribution in [2.45, 2.75) is 19.8 Å². The lowest BCUT2D eigenvalue weighted by Gasteiger charge is -2.36. The number of hydrogen-bond acceptors (Lipinski definition) is 4. The van der Waals surface area contributed by atoms with E-state index >= 15 is 0 Å². The molecular formula is C20H31N3O2. The number of anilines is 1. The van der Waals surface area contributed by atoms with E-state index in [1.165, 1.54) is 19.4 Å². The van der Waals surface area contributed by atoms with E-state index in [0.717, 1.165) is 57.5 Å². The molecule has 2 saturated heterocycles. The molecule has 5 heteroatoms. The van der Waals surface area contributed by atoms with Gasteiger partial charge in [-0.3, -0.25) is 14.6 Å². The van der Waals surface area contributed by atoms with Gasteiger partial charge in [0.1, 0.15) is 0 Å². The van der Waals surface area contributed by atoms with Crippen molar-refractivity contribution >= 4 is 11.6 Å². The summed E-state index contributed by atoms with van der Waals surface area (Å²) in [5.74, 6) is 0.973. The molecule has 0 saturated carbocycles. The van der Waals surface area contributed by atoms with Crippen molar-refractivity contribution < 1.29 is 9.53 Å². The second-order valence-corrected chi connectivity index (χ2v) is 7.11. The number of para-hydroxylation sites is 1. The predicted octanol–water partition coefficient (Wildman–Crippen LogP) is 2.08. The van der Waals surface area contributed by atoms with Gasteiger partial charge in [-0.2, -0.15) is 0 Å². The summed E-state index contributed by atoms with van der Waals surface area (Å²) in [5, 5.41) is 0. The van der Waals surface area contributed by atoms with Crippen LogP contribution >= 0.6 is 0 Å². The monoisotopic (exact) mass is 345 g/mol. The molecule has 0 N–H and O–H groups in total. The van der Waals surface area contributed by atoms with Crippen LogP contribution in [-0.4, -0.2) is 74.7 Å². The quantitative estimate of drug-likeness (QED) is 0.791. The van der Waals surface area contributed by atoms with E-state index in [-0.39, 0.29) is 5.91 Å². The molecule has 2 aliphatic heterocycles. The summed E-state index contributed by atoms with van der Waals surface area (Å²) in [6.07, 6.45) is 2.39. The Labute approximate surface area is 151 Å². The van der Waals surface area contributed by atoms with E-state index in [1.54, 1.807) is 0 Å². The minimum Gasteiger partial charge on any atom is -0.379 e. The molecule has 0 spiro atoms. The Balaban J connectivity index is 1.44. The molecule has 5 nitrogen and oxygen atoms in total. The molecule has 1 aromatic rings. The standard InChI is InChI=1S/C20H31N3O2/c1-2-23(19-6-4-3-5-7-19)20(24)17-21-10-8-18(9-11-21)16-22-12-14-25-15-13-22/h3-7,18H,2,8-17H2,1H3. The molecule has 0 radical (unpaired) electrons. The Kier molecular flexibility index (Phi) is 6.84. The molecule has 0 bridgehead atoms. The van der Waals surface area contributed by atoms with Gasteiger partial charge in [0, 0.05) is 31.9 Å². The van der Waals surface area contributed by atoms with Crippen LogP contribution in [0.2, 0.25) is 0 Å². The van der Waals surface area contributed by atoms with E-state index in [9.17, 15) is 4.79 Å². The summed E-state index contributed by atoms with van der Waals surface area (Å²) in [6, 6.07) is 9.98. The zero-order valence-corrected chi connectivity index (χ0v) is 15.4. The highest BCUT2D eigenvalue weighted by molar-refractivity contribution is 5.94. The summed E-state index contributed by atoms with van der Waals surface area (Å²) in [4.78, 5) is 19.4. The molecule has 0 atom stereocenters. The smallest absolute Gasteiger partial charge is 0.241 e. The third-order valence-corrected chi connectivity index (χ3v) is 5.37. The van der Waals surface area contributed by atoms with Gasteiger partial charge in [0.05, 0.1) is 19.8 Å². The summed E-state index contributed by atoms with van der Waals surface area (Å²) in [6.45, 7) is 10.4. The molecule has 0 aliphatic carbocycles. The lowest BCUT2D eigenvalue weighted by Crippen LogP contribution is -2.46. The lowest BCUT2D eigenvalue weighted by molar-refractivity contribution is -0.120. The van der Waals surface area contributed by atoms with Crippen molar-refractivity contribution in [1.82, 2.24) is 9.80 Å². The molecule has 0 aromatic heterocycles. The number of rotatable bonds is 6. The number of likely N-dealkylation sites (N-methyl/N-ethyl adjacent to an activating group) is 1. The minimum absolute atomic E-state index is 0.209. The zero-order chi connectivity index (χ0) is 17.5. The number of hydrogen-bond donors (Lipinski definition) is 0. The molecule has 1 amide bonds. The first kappa shape index (κ1) is 18.4. The number of ether oxygens (including phenoxy) is 1. The second kappa shape index (κ2) is 9.32. The first-order chi connectivity index (χ1) is 12.3. The van der Waals surface area contributed by atoms with Gasteiger partial charge in [-0.15, -0.1) is 0 Å². The Bertz CT molecular complexity index is 523. The molecule has 2 fully saturated rings. The van der Waals surface area contributed by atoms with Gasteiger partial charge in [-0.1, -0.05) is 18.2 Å². The molecule has 2 aliphatic rings. The van der Waals surface area contributed by atoms with Crippen LogP contribution < -0.4 is 4.90 Å². The topological polar surface area (TPSA) is 36.0 Å². The number of carbonyl (C=O) groups is 1. The van der Waals surface area contributed by atoms with Gasteiger partial charge in [0.25, 0.3) is 0 Å². The van der Waals surface area contributed by atoms with Crippen LogP contribution in [0.15, 0.2) is 30.3 Å². The van der Waals surface area contributed by atoms with Gasteiger partial charge in [-0.25, -0.2) is 0 Å². The van der Waals surface area contributed by atoms with Gasteiger partial charge >= 0.3 is 0 Å². The van der Waals surface area contributed by atoms with Gasteiger partial charge in [0.15, 0.2) is 0 Å². The van der Waals surface area contributed by atoms with Crippen LogP contribution in [0, 0.1) is 5.92 Å². The maximum Gasteiger partial charge on any atom is 0.241 e. The van der Waals surface area contributed by atoms with Crippen molar-refractivity contribution in [3.8, 4) is 0 Å². The fourth-order valence-electron chi connectivity index (χ4n) is 3.86. The summed E-state index contributed by atoms with van der Waals surface area (Å²) in [7, 11) is 0. The van der Waals surface area contributed by atoms with Crippen molar-refractivity contribution in [2.24, 2.45) is 5.92 Å². The number of morpholine rings is 1. The molecule has 1 aromatic carbocycles. The van der Waals surface area contributed by atoms with Crippen molar-refractivity contribution in [1.29, 1.82) is 0 Å². The normalized spacial score (nSPS) is 20.5. The third kappa shape index (κ3) is 5.27. The average molecular weight is 345 g/mol. The van der Waals surface area contributed by atoms with Crippen molar-refractivity contribution in [3.63, 3.8) is 0 Å². The summed E-state index contributed by atoms with van der Waals surface area (Å²) >= 11 is 0. The van der Waals surface area contributed by atoms with Gasteiger partial charge < -0.3 is 9.64 Å². The van der Waals surface area contributed by atoms with E-state index in [1.807, 2.05) is 42.2 Å². The van der Waals surface area contributed by atoms with Crippen LogP contribution in [0.1, 0.15) is 19.8 Å². The number of piperidine rings is 1.